The number of benzene rings is 1. The van der Waals surface area contributed by atoms with Gasteiger partial charge in [-0.15, -0.1) is 11.3 Å². The lowest BCUT2D eigenvalue weighted by molar-refractivity contribution is 0.106. The van der Waals surface area contributed by atoms with Gasteiger partial charge in [0.05, 0.1) is 24.4 Å². The molecule has 0 amide bonds. The molecule has 0 saturated heterocycles. The molecular weight excluding hydrogens is 310 g/mol. The van der Waals surface area contributed by atoms with Gasteiger partial charge in [0.15, 0.2) is 0 Å². The van der Waals surface area contributed by atoms with Gasteiger partial charge >= 0.3 is 0 Å². The van der Waals surface area contributed by atoms with Crippen LogP contribution < -0.4 is 5.56 Å². The van der Waals surface area contributed by atoms with Crippen molar-refractivity contribution in [1.29, 1.82) is 0 Å². The summed E-state index contributed by atoms with van der Waals surface area (Å²) in [4.78, 5) is 19.3. The second kappa shape index (κ2) is 7.04. The summed E-state index contributed by atoms with van der Waals surface area (Å²) in [5, 5.41) is 12.7. The number of aliphatic hydroxyl groups excluding tert-OH is 1. The van der Waals surface area contributed by atoms with E-state index in [1.54, 1.807) is 6.07 Å². The molecule has 3 aromatic rings. The van der Waals surface area contributed by atoms with Gasteiger partial charge in [-0.3, -0.25) is 14.3 Å². The third kappa shape index (κ3) is 3.85. The second-order valence-corrected chi connectivity index (χ2v) is 6.57. The van der Waals surface area contributed by atoms with Crippen LogP contribution >= 0.6 is 11.3 Å². The van der Waals surface area contributed by atoms with Crippen LogP contribution in [0.1, 0.15) is 5.56 Å². The van der Waals surface area contributed by atoms with E-state index in [0.717, 1.165) is 11.4 Å². The van der Waals surface area contributed by atoms with Crippen molar-refractivity contribution >= 4 is 21.6 Å². The van der Waals surface area contributed by atoms with Gasteiger partial charge in [-0.05, 0) is 24.1 Å². The average molecular weight is 329 g/mol. The number of likely N-dealkylation sites (N-methyl/N-ethyl adjacent to an activating group) is 1. The fourth-order valence-electron chi connectivity index (χ4n) is 2.63. The van der Waals surface area contributed by atoms with E-state index in [9.17, 15) is 9.90 Å². The Morgan fingerprint density at radius 3 is 2.87 bits per heavy atom. The summed E-state index contributed by atoms with van der Waals surface area (Å²) in [5.41, 5.74) is 1.10. The number of hydrogen-bond acceptors (Lipinski definition) is 5. The zero-order valence-electron chi connectivity index (χ0n) is 12.9. The first-order chi connectivity index (χ1) is 11.1. The highest BCUT2D eigenvalue weighted by Gasteiger charge is 2.12. The Balaban J connectivity index is 1.63. The Hall–Kier alpha value is -2.02. The monoisotopic (exact) mass is 329 g/mol. The largest absolute Gasteiger partial charge is 0.390 e. The summed E-state index contributed by atoms with van der Waals surface area (Å²) in [6.07, 6.45) is 0.890. The van der Waals surface area contributed by atoms with Crippen molar-refractivity contribution in [2.75, 3.05) is 13.6 Å². The number of aromatic nitrogens is 2. The van der Waals surface area contributed by atoms with Crippen LogP contribution in [0.25, 0.3) is 10.2 Å². The highest BCUT2D eigenvalue weighted by Crippen LogP contribution is 2.13. The lowest BCUT2D eigenvalue weighted by Crippen LogP contribution is -2.34. The van der Waals surface area contributed by atoms with Crippen LogP contribution in [-0.2, 0) is 13.1 Å². The van der Waals surface area contributed by atoms with Crippen LogP contribution in [0.3, 0.4) is 0 Å². The zero-order valence-corrected chi connectivity index (χ0v) is 13.7. The minimum atomic E-state index is -0.626. The Bertz CT molecular complexity index is 828. The predicted molar refractivity (Wildman–Crippen MR) is 92.7 cm³/mol. The molecule has 0 aliphatic rings. The summed E-state index contributed by atoms with van der Waals surface area (Å²) in [6, 6.07) is 11.9. The van der Waals surface area contributed by atoms with Gasteiger partial charge in [0.2, 0.25) is 0 Å². The van der Waals surface area contributed by atoms with E-state index in [-0.39, 0.29) is 12.1 Å². The van der Waals surface area contributed by atoms with Gasteiger partial charge in [-0.1, -0.05) is 30.3 Å². The van der Waals surface area contributed by atoms with Crippen molar-refractivity contribution < 1.29 is 5.11 Å². The molecule has 0 aliphatic heterocycles. The Labute approximate surface area is 138 Å². The van der Waals surface area contributed by atoms with Gasteiger partial charge in [-0.25, -0.2) is 4.98 Å². The number of hydrogen-bond donors (Lipinski definition) is 1. The van der Waals surface area contributed by atoms with Crippen molar-refractivity contribution in [3.63, 3.8) is 0 Å². The van der Waals surface area contributed by atoms with Gasteiger partial charge < -0.3 is 5.11 Å². The number of fused-ring (bicyclic) bond motifs is 1. The molecule has 2 aromatic heterocycles. The first-order valence-corrected chi connectivity index (χ1v) is 8.34. The fraction of sp³-hybridized carbons (Fsp3) is 0.294. The van der Waals surface area contributed by atoms with E-state index in [1.807, 2.05) is 35.5 Å². The molecule has 0 saturated carbocycles. The van der Waals surface area contributed by atoms with Crippen molar-refractivity contribution in [2.24, 2.45) is 0 Å². The van der Waals surface area contributed by atoms with Crippen LogP contribution in [0.5, 0.6) is 0 Å². The molecule has 0 radical (unpaired) electrons. The van der Waals surface area contributed by atoms with Crippen molar-refractivity contribution in [3.8, 4) is 0 Å². The number of aliphatic hydroxyl groups is 1. The summed E-state index contributed by atoms with van der Waals surface area (Å²) in [6.45, 7) is 1.49. The van der Waals surface area contributed by atoms with E-state index < -0.39 is 6.10 Å². The smallest absolute Gasteiger partial charge is 0.262 e. The maximum Gasteiger partial charge on any atom is 0.262 e. The van der Waals surface area contributed by atoms with Crippen LogP contribution in [-0.4, -0.2) is 39.3 Å². The van der Waals surface area contributed by atoms with Crippen LogP contribution in [0, 0.1) is 0 Å². The van der Waals surface area contributed by atoms with Crippen molar-refractivity contribution in [1.82, 2.24) is 14.5 Å². The van der Waals surface area contributed by atoms with E-state index in [0.29, 0.717) is 11.9 Å². The van der Waals surface area contributed by atoms with Gasteiger partial charge in [0.1, 0.15) is 4.83 Å². The summed E-state index contributed by atoms with van der Waals surface area (Å²) >= 11 is 1.45. The molecule has 0 fully saturated rings. The molecule has 6 heteroatoms. The molecule has 1 atom stereocenters. The lowest BCUT2D eigenvalue weighted by Gasteiger charge is -2.21. The van der Waals surface area contributed by atoms with Crippen LogP contribution in [0.2, 0.25) is 0 Å². The van der Waals surface area contributed by atoms with Crippen molar-refractivity contribution in [3.05, 3.63) is 64.0 Å². The molecule has 23 heavy (non-hydrogen) atoms. The van der Waals surface area contributed by atoms with Gasteiger partial charge in [0.25, 0.3) is 5.56 Å². The SMILES string of the molecule is CN(Cc1ccccc1)C[C@H](O)Cn1cnc2sccc2c1=O. The quantitative estimate of drug-likeness (QED) is 0.751. The highest BCUT2D eigenvalue weighted by molar-refractivity contribution is 7.16. The molecule has 120 valence electrons. The molecule has 0 aliphatic carbocycles. The Kier molecular flexibility index (Phi) is 4.85. The van der Waals surface area contributed by atoms with Crippen LogP contribution in [0.15, 0.2) is 52.9 Å². The summed E-state index contributed by atoms with van der Waals surface area (Å²) in [5.74, 6) is 0. The van der Waals surface area contributed by atoms with E-state index in [2.05, 4.69) is 17.1 Å². The average Bonchev–Trinajstić information content (AvgIpc) is 3.00. The third-order valence-electron chi connectivity index (χ3n) is 3.68. The molecule has 0 unspecified atom stereocenters. The standard InChI is InChI=1S/C17H19N3O2S/c1-19(9-13-5-3-2-4-6-13)10-14(21)11-20-12-18-16-15(17(20)22)7-8-23-16/h2-8,12,14,21H,9-11H2,1H3/t14-/m0/s1. The minimum absolute atomic E-state index is 0.0963. The second-order valence-electron chi connectivity index (χ2n) is 5.68. The first-order valence-electron chi connectivity index (χ1n) is 7.46. The van der Waals surface area contributed by atoms with E-state index in [4.69, 9.17) is 0 Å². The normalized spacial score (nSPS) is 12.8. The van der Waals surface area contributed by atoms with Crippen molar-refractivity contribution in [2.45, 2.75) is 19.2 Å². The molecule has 0 spiro atoms. The van der Waals surface area contributed by atoms with Gasteiger partial charge in [-0.2, -0.15) is 0 Å². The van der Waals surface area contributed by atoms with E-state index >= 15 is 0 Å². The number of rotatable bonds is 6. The maximum absolute atomic E-state index is 12.3. The lowest BCUT2D eigenvalue weighted by atomic mass is 10.2. The topological polar surface area (TPSA) is 58.4 Å². The maximum atomic E-state index is 12.3. The number of nitrogens with zero attached hydrogens (tertiary/aromatic N) is 3. The molecule has 1 N–H and O–H groups in total. The molecule has 1 aromatic carbocycles. The molecule has 2 heterocycles. The third-order valence-corrected chi connectivity index (χ3v) is 4.50. The first kappa shape index (κ1) is 15.9. The molecule has 3 rings (SSSR count). The van der Waals surface area contributed by atoms with Gasteiger partial charge in [0, 0.05) is 13.1 Å². The summed E-state index contributed by atoms with van der Waals surface area (Å²) < 4.78 is 1.48. The predicted octanol–water partition coefficient (Wildman–Crippen LogP) is 1.95. The summed E-state index contributed by atoms with van der Waals surface area (Å²) in [7, 11) is 1.96. The fourth-order valence-corrected chi connectivity index (χ4v) is 3.35. The highest BCUT2D eigenvalue weighted by atomic mass is 32.1. The molecule has 0 bridgehead atoms. The minimum Gasteiger partial charge on any atom is -0.390 e. The number of thiophene rings is 1. The molecular formula is C17H19N3O2S. The van der Waals surface area contributed by atoms with Crippen LogP contribution in [0.4, 0.5) is 0 Å². The Morgan fingerprint density at radius 2 is 2.09 bits per heavy atom. The zero-order chi connectivity index (χ0) is 16.2. The molecule has 5 nitrogen and oxygen atoms in total. The Morgan fingerprint density at radius 1 is 1.30 bits per heavy atom. The van der Waals surface area contributed by atoms with E-state index in [1.165, 1.54) is 27.8 Å².